The molecule has 3 atom stereocenters. The van der Waals surface area contributed by atoms with Gasteiger partial charge in [0.2, 0.25) is 11.7 Å². The van der Waals surface area contributed by atoms with Gasteiger partial charge in [-0.2, -0.15) is 17.6 Å². The number of hydrogen-bond donors (Lipinski definition) is 2. The number of pyridine rings is 1. The van der Waals surface area contributed by atoms with E-state index in [-0.39, 0.29) is 10.7 Å². The zero-order valence-corrected chi connectivity index (χ0v) is 18.0. The van der Waals surface area contributed by atoms with Crippen LogP contribution in [0.25, 0.3) is 0 Å². The molecule has 0 bridgehead atoms. The van der Waals surface area contributed by atoms with Crippen LogP contribution >= 0.6 is 0 Å². The van der Waals surface area contributed by atoms with Crippen LogP contribution in [0.2, 0.25) is 0 Å². The standard InChI is InChI=1S/C20H21F5N4O4S/c1-32-17-13(5-4-12(21)16(17)22)29-10-19(33-2,20(23,24)25)9-14(29)18(30)28-11-6-7-27-15(8-11)34(3,26)31/h4-8,14,26H,9-10H2,1-3H3,(H,27,28,30)/t14?,19?,34-/m1/s1/i1D3,2D3. The monoisotopic (exact) mass is 514 g/mol. The number of methoxy groups -OCH3 is 2. The molecule has 34 heavy (non-hydrogen) atoms. The Morgan fingerprint density at radius 1 is 1.35 bits per heavy atom. The number of carbonyl (C=O) groups is 1. The van der Waals surface area contributed by atoms with Crippen molar-refractivity contribution in [2.45, 2.75) is 29.3 Å². The van der Waals surface area contributed by atoms with E-state index in [4.69, 9.17) is 13.0 Å². The van der Waals surface area contributed by atoms with Gasteiger partial charge in [0.05, 0.1) is 37.2 Å². The summed E-state index contributed by atoms with van der Waals surface area (Å²) in [5.74, 6) is -6.11. The summed E-state index contributed by atoms with van der Waals surface area (Å²) in [5, 5.41) is 1.95. The number of ether oxygens (including phenoxy) is 2. The summed E-state index contributed by atoms with van der Waals surface area (Å²) < 4.78 is 144. The predicted octanol–water partition coefficient (Wildman–Crippen LogP) is 3.57. The van der Waals surface area contributed by atoms with Crippen molar-refractivity contribution in [3.05, 3.63) is 42.1 Å². The van der Waals surface area contributed by atoms with E-state index < -0.39 is 83.6 Å². The lowest BCUT2D eigenvalue weighted by Crippen LogP contribution is -2.49. The Balaban J connectivity index is 2.17. The van der Waals surface area contributed by atoms with Crippen molar-refractivity contribution in [1.82, 2.24) is 4.98 Å². The molecule has 2 aromatic rings. The van der Waals surface area contributed by atoms with Crippen LogP contribution in [0.5, 0.6) is 5.75 Å². The van der Waals surface area contributed by atoms with E-state index in [2.05, 4.69) is 19.8 Å². The third-order valence-electron chi connectivity index (χ3n) is 5.18. The highest BCUT2D eigenvalue weighted by Crippen LogP contribution is 2.47. The van der Waals surface area contributed by atoms with Crippen LogP contribution in [0.4, 0.5) is 33.3 Å². The molecule has 1 aliphatic heterocycles. The van der Waals surface area contributed by atoms with Gasteiger partial charge in [-0.15, -0.1) is 0 Å². The third-order valence-corrected chi connectivity index (χ3v) is 6.20. The lowest BCUT2D eigenvalue weighted by atomic mass is 9.99. The van der Waals surface area contributed by atoms with Gasteiger partial charge in [-0.3, -0.25) is 4.79 Å². The number of benzene rings is 1. The van der Waals surface area contributed by atoms with Gasteiger partial charge in [-0.05, 0) is 24.3 Å². The summed E-state index contributed by atoms with van der Waals surface area (Å²) in [6, 6.07) is 1.27. The summed E-state index contributed by atoms with van der Waals surface area (Å²) in [6.45, 7) is -1.47. The van der Waals surface area contributed by atoms with Crippen LogP contribution in [0.1, 0.15) is 14.6 Å². The van der Waals surface area contributed by atoms with Crippen molar-refractivity contribution >= 4 is 27.0 Å². The van der Waals surface area contributed by atoms with Crippen molar-refractivity contribution in [1.29, 1.82) is 4.78 Å². The topological polar surface area (TPSA) is 105 Å². The number of hydrogen-bond acceptors (Lipinski definition) is 7. The van der Waals surface area contributed by atoms with Gasteiger partial charge in [-0.1, -0.05) is 0 Å². The smallest absolute Gasteiger partial charge is 0.419 e. The molecule has 3 rings (SSSR count). The number of anilines is 2. The molecule has 1 saturated heterocycles. The average molecular weight is 515 g/mol. The van der Waals surface area contributed by atoms with E-state index >= 15 is 0 Å². The fourth-order valence-corrected chi connectivity index (χ4v) is 4.08. The van der Waals surface area contributed by atoms with E-state index in [1.165, 1.54) is 0 Å². The first-order chi connectivity index (χ1) is 18.0. The second-order valence-electron chi connectivity index (χ2n) is 7.47. The molecule has 1 aromatic heterocycles. The van der Waals surface area contributed by atoms with E-state index in [1.807, 2.05) is 0 Å². The molecule has 2 heterocycles. The van der Waals surface area contributed by atoms with E-state index in [0.29, 0.717) is 17.0 Å². The van der Waals surface area contributed by atoms with Crippen LogP contribution in [-0.2, 0) is 19.3 Å². The highest BCUT2D eigenvalue weighted by Gasteiger charge is 2.63. The van der Waals surface area contributed by atoms with Crippen LogP contribution in [0.3, 0.4) is 0 Å². The summed E-state index contributed by atoms with van der Waals surface area (Å²) in [5.41, 5.74) is -4.54. The maximum atomic E-state index is 14.7. The van der Waals surface area contributed by atoms with E-state index in [1.54, 1.807) is 0 Å². The first kappa shape index (κ1) is 18.3. The first-order valence-electron chi connectivity index (χ1n) is 12.2. The molecule has 0 aliphatic carbocycles. The summed E-state index contributed by atoms with van der Waals surface area (Å²) in [6.07, 6.45) is -4.72. The van der Waals surface area contributed by atoms with Gasteiger partial charge in [0.15, 0.2) is 17.2 Å². The molecule has 1 fully saturated rings. The molecular weight excluding hydrogens is 487 g/mol. The normalized spacial score (nSPS) is 25.7. The van der Waals surface area contributed by atoms with Gasteiger partial charge in [0, 0.05) is 31.6 Å². The minimum atomic E-state index is -5.43. The van der Waals surface area contributed by atoms with Gasteiger partial charge >= 0.3 is 6.18 Å². The maximum absolute atomic E-state index is 14.7. The van der Waals surface area contributed by atoms with Crippen molar-refractivity contribution in [3.63, 3.8) is 0 Å². The average Bonchev–Trinajstić information content (AvgIpc) is 3.15. The number of nitrogens with one attached hydrogen (secondary N) is 2. The van der Waals surface area contributed by atoms with Crippen LogP contribution in [0, 0.1) is 16.4 Å². The molecule has 14 heteroatoms. The SMILES string of the molecule is [2H]C([2H])([2H])Oc1c(N2CC(OC([2H])([2H])[2H])(C(F)(F)F)CC2C(=O)Nc2ccnc([S@](C)(=N)=O)c2)ccc(F)c1F. The fraction of sp³-hybridized carbons (Fsp3) is 0.400. The molecular formula is C20H21F5N4O4S. The van der Waals surface area contributed by atoms with Gasteiger partial charge in [-0.25, -0.2) is 18.4 Å². The van der Waals surface area contributed by atoms with Crippen molar-refractivity contribution in [2.75, 3.05) is 37.1 Å². The molecule has 0 radical (unpaired) electrons. The maximum Gasteiger partial charge on any atom is 0.419 e. The Labute approximate surface area is 200 Å². The van der Waals surface area contributed by atoms with Crippen molar-refractivity contribution < 1.29 is 48.7 Å². The number of carbonyl (C=O) groups excluding carboxylic acids is 1. The molecule has 2 N–H and O–H groups in total. The van der Waals surface area contributed by atoms with Crippen molar-refractivity contribution in [2.24, 2.45) is 0 Å². The first-order valence-corrected chi connectivity index (χ1v) is 11.2. The zero-order valence-electron chi connectivity index (χ0n) is 23.2. The second-order valence-corrected chi connectivity index (χ2v) is 9.57. The number of aromatic nitrogens is 1. The predicted molar refractivity (Wildman–Crippen MR) is 112 cm³/mol. The quantitative estimate of drug-likeness (QED) is 0.572. The molecule has 0 saturated carbocycles. The van der Waals surface area contributed by atoms with Gasteiger partial charge < -0.3 is 19.7 Å². The Morgan fingerprint density at radius 3 is 2.71 bits per heavy atom. The fourth-order valence-electron chi connectivity index (χ4n) is 3.47. The Kier molecular flexibility index (Phi) is 4.85. The lowest BCUT2D eigenvalue weighted by molar-refractivity contribution is -0.261. The highest BCUT2D eigenvalue weighted by molar-refractivity contribution is 7.91. The Bertz CT molecular complexity index is 1410. The number of amides is 1. The summed E-state index contributed by atoms with van der Waals surface area (Å²) in [4.78, 5) is 17.5. The molecule has 2 unspecified atom stereocenters. The Hall–Kier alpha value is -3.00. The Morgan fingerprint density at radius 2 is 2.09 bits per heavy atom. The summed E-state index contributed by atoms with van der Waals surface area (Å²) >= 11 is 0. The molecule has 1 aromatic carbocycles. The second kappa shape index (κ2) is 8.98. The molecule has 0 spiro atoms. The van der Waals surface area contributed by atoms with Crippen LogP contribution < -0.4 is 15.0 Å². The zero-order chi connectivity index (χ0) is 30.5. The number of rotatable bonds is 6. The van der Waals surface area contributed by atoms with Gasteiger partial charge in [0.1, 0.15) is 11.1 Å². The number of halogens is 5. The highest BCUT2D eigenvalue weighted by atomic mass is 32.2. The lowest BCUT2D eigenvalue weighted by Gasteiger charge is -2.31. The molecule has 8 nitrogen and oxygen atoms in total. The molecule has 1 aliphatic rings. The minimum absolute atomic E-state index is 0.165. The van der Waals surface area contributed by atoms with E-state index in [0.717, 1.165) is 24.6 Å². The third kappa shape index (κ3) is 4.64. The summed E-state index contributed by atoms with van der Waals surface area (Å²) in [7, 11) is -10.4. The number of alkyl halides is 3. The number of nitrogens with zero attached hydrogens (tertiary/aromatic N) is 2. The van der Waals surface area contributed by atoms with Gasteiger partial charge in [0.25, 0.3) is 0 Å². The molecule has 1 amide bonds. The minimum Gasteiger partial charge on any atom is -0.491 e. The van der Waals surface area contributed by atoms with Crippen molar-refractivity contribution in [3.8, 4) is 5.75 Å². The molecule has 186 valence electrons. The van der Waals surface area contributed by atoms with Crippen LogP contribution in [0.15, 0.2) is 35.5 Å². The van der Waals surface area contributed by atoms with Crippen LogP contribution in [-0.4, -0.2) is 59.8 Å². The largest absolute Gasteiger partial charge is 0.491 e. The van der Waals surface area contributed by atoms with E-state index in [9.17, 15) is 31.0 Å².